The third-order valence-electron chi connectivity index (χ3n) is 2.36. The molecule has 0 radical (unpaired) electrons. The average molecular weight is 296 g/mol. The minimum atomic E-state index is -0.987. The first kappa shape index (κ1) is 13.9. The second kappa shape index (κ2) is 5.62. The van der Waals surface area contributed by atoms with E-state index in [4.69, 9.17) is 11.6 Å². The zero-order valence-electron chi connectivity index (χ0n) is 9.84. The van der Waals surface area contributed by atoms with Crippen LogP contribution in [0.5, 0.6) is 0 Å². The zero-order valence-corrected chi connectivity index (χ0v) is 10.6. The van der Waals surface area contributed by atoms with Gasteiger partial charge in [-0.2, -0.15) is 0 Å². The molecule has 102 valence electrons. The van der Waals surface area contributed by atoms with E-state index in [1.165, 1.54) is 12.1 Å². The van der Waals surface area contributed by atoms with Crippen LogP contribution < -0.4 is 5.32 Å². The number of nitrogens with zero attached hydrogens (tertiary/aromatic N) is 2. The van der Waals surface area contributed by atoms with Crippen molar-refractivity contribution in [2.75, 3.05) is 5.32 Å². The molecular formula is C12H7ClFN3O3. The Bertz CT molecular complexity index is 693. The van der Waals surface area contributed by atoms with Crippen LogP contribution in [0.4, 0.5) is 15.9 Å². The molecule has 0 aliphatic carbocycles. The van der Waals surface area contributed by atoms with Crippen LogP contribution in [0.2, 0.25) is 5.15 Å². The number of aromatic nitrogens is 1. The summed E-state index contributed by atoms with van der Waals surface area (Å²) in [5.41, 5.74) is -0.752. The number of non-ortho nitro benzene ring substituents is 1. The number of carbonyl (C=O) groups is 1. The summed E-state index contributed by atoms with van der Waals surface area (Å²) in [5.74, 6) is -1.61. The standard InChI is InChI=1S/C12H7ClFN3O3/c13-10-2-1-3-11(15-10)16-12(18)8-5-4-7(17(19)20)6-9(8)14/h1-6H,(H,15,16,18). The maximum atomic E-state index is 13.6. The Morgan fingerprint density at radius 1 is 1.35 bits per heavy atom. The highest BCUT2D eigenvalue weighted by molar-refractivity contribution is 6.29. The molecule has 2 rings (SSSR count). The molecule has 0 saturated heterocycles. The topological polar surface area (TPSA) is 85.1 Å². The van der Waals surface area contributed by atoms with Crippen LogP contribution in [-0.4, -0.2) is 15.8 Å². The number of benzene rings is 1. The summed E-state index contributed by atoms with van der Waals surface area (Å²) in [4.78, 5) is 25.4. The number of amides is 1. The quantitative estimate of drug-likeness (QED) is 0.536. The Morgan fingerprint density at radius 3 is 2.70 bits per heavy atom. The summed E-state index contributed by atoms with van der Waals surface area (Å²) in [5, 5.41) is 13.0. The highest BCUT2D eigenvalue weighted by Crippen LogP contribution is 2.18. The Labute approximate surface area is 117 Å². The highest BCUT2D eigenvalue weighted by Gasteiger charge is 2.16. The van der Waals surface area contributed by atoms with Gasteiger partial charge in [0, 0.05) is 6.07 Å². The lowest BCUT2D eigenvalue weighted by molar-refractivity contribution is -0.385. The monoisotopic (exact) mass is 295 g/mol. The molecule has 0 spiro atoms. The van der Waals surface area contributed by atoms with E-state index in [0.29, 0.717) is 6.07 Å². The van der Waals surface area contributed by atoms with Gasteiger partial charge in [-0.05, 0) is 18.2 Å². The van der Waals surface area contributed by atoms with Gasteiger partial charge in [-0.3, -0.25) is 14.9 Å². The summed E-state index contributed by atoms with van der Waals surface area (Å²) in [7, 11) is 0. The van der Waals surface area contributed by atoms with Crippen LogP contribution in [0, 0.1) is 15.9 Å². The van der Waals surface area contributed by atoms with E-state index in [1.54, 1.807) is 6.07 Å². The van der Waals surface area contributed by atoms with Crippen molar-refractivity contribution in [3.05, 3.63) is 63.0 Å². The molecule has 0 aliphatic rings. The SMILES string of the molecule is O=C(Nc1cccc(Cl)n1)c1ccc([N+](=O)[O-])cc1F. The van der Waals surface area contributed by atoms with Gasteiger partial charge >= 0.3 is 0 Å². The number of rotatable bonds is 3. The fourth-order valence-corrected chi connectivity index (χ4v) is 1.63. The number of halogens is 2. The largest absolute Gasteiger partial charge is 0.306 e. The van der Waals surface area contributed by atoms with Gasteiger partial charge in [0.1, 0.15) is 16.8 Å². The van der Waals surface area contributed by atoms with E-state index >= 15 is 0 Å². The van der Waals surface area contributed by atoms with E-state index < -0.39 is 22.3 Å². The lowest BCUT2D eigenvalue weighted by Crippen LogP contribution is -2.14. The number of carbonyl (C=O) groups excluding carboxylic acids is 1. The highest BCUT2D eigenvalue weighted by atomic mass is 35.5. The maximum absolute atomic E-state index is 13.6. The molecule has 2 aromatic rings. The Morgan fingerprint density at radius 2 is 2.10 bits per heavy atom. The third-order valence-corrected chi connectivity index (χ3v) is 2.58. The first-order chi connectivity index (χ1) is 9.47. The lowest BCUT2D eigenvalue weighted by Gasteiger charge is -2.05. The average Bonchev–Trinajstić information content (AvgIpc) is 2.38. The molecule has 1 aromatic carbocycles. The number of hydrogen-bond acceptors (Lipinski definition) is 4. The Hall–Kier alpha value is -2.54. The molecule has 1 amide bonds. The van der Waals surface area contributed by atoms with Gasteiger partial charge in [-0.15, -0.1) is 0 Å². The van der Waals surface area contributed by atoms with Gasteiger partial charge in [0.25, 0.3) is 11.6 Å². The second-order valence-corrected chi connectivity index (χ2v) is 4.11. The fourth-order valence-electron chi connectivity index (χ4n) is 1.46. The Kier molecular flexibility index (Phi) is 3.90. The Balaban J connectivity index is 2.23. The van der Waals surface area contributed by atoms with Gasteiger partial charge in [-0.25, -0.2) is 9.37 Å². The molecule has 8 heteroatoms. The number of nitro benzene ring substituents is 1. The normalized spacial score (nSPS) is 10.1. The van der Waals surface area contributed by atoms with Gasteiger partial charge in [-0.1, -0.05) is 17.7 Å². The first-order valence-corrected chi connectivity index (χ1v) is 5.73. The smallest absolute Gasteiger partial charge is 0.272 e. The van der Waals surface area contributed by atoms with Crippen molar-refractivity contribution in [3.63, 3.8) is 0 Å². The predicted molar refractivity (Wildman–Crippen MR) is 70.3 cm³/mol. The number of nitro groups is 1. The molecule has 6 nitrogen and oxygen atoms in total. The van der Waals surface area contributed by atoms with E-state index in [9.17, 15) is 19.3 Å². The van der Waals surface area contributed by atoms with Crippen molar-refractivity contribution in [3.8, 4) is 0 Å². The minimum absolute atomic E-state index is 0.153. The van der Waals surface area contributed by atoms with Crippen molar-refractivity contribution in [2.24, 2.45) is 0 Å². The lowest BCUT2D eigenvalue weighted by atomic mass is 10.2. The van der Waals surface area contributed by atoms with Crippen molar-refractivity contribution in [2.45, 2.75) is 0 Å². The maximum Gasteiger partial charge on any atom is 0.272 e. The first-order valence-electron chi connectivity index (χ1n) is 5.35. The third kappa shape index (κ3) is 3.07. The van der Waals surface area contributed by atoms with Crippen LogP contribution in [0.1, 0.15) is 10.4 Å². The summed E-state index contributed by atoms with van der Waals surface area (Å²) in [6, 6.07) is 7.32. The van der Waals surface area contributed by atoms with Crippen molar-refractivity contribution < 1.29 is 14.1 Å². The molecular weight excluding hydrogens is 289 g/mol. The van der Waals surface area contributed by atoms with Crippen LogP contribution in [0.15, 0.2) is 36.4 Å². The summed E-state index contributed by atoms with van der Waals surface area (Å²) >= 11 is 5.65. The van der Waals surface area contributed by atoms with Gasteiger partial charge in [0.05, 0.1) is 16.6 Å². The summed E-state index contributed by atoms with van der Waals surface area (Å²) in [6.45, 7) is 0. The number of pyridine rings is 1. The number of nitrogens with one attached hydrogen (secondary N) is 1. The van der Waals surface area contributed by atoms with E-state index in [1.807, 2.05) is 0 Å². The zero-order chi connectivity index (χ0) is 14.7. The van der Waals surface area contributed by atoms with Gasteiger partial charge in [0.15, 0.2) is 0 Å². The van der Waals surface area contributed by atoms with Crippen LogP contribution in [0.3, 0.4) is 0 Å². The van der Waals surface area contributed by atoms with Crippen LogP contribution >= 0.6 is 11.6 Å². The minimum Gasteiger partial charge on any atom is -0.306 e. The molecule has 0 aliphatic heterocycles. The van der Waals surface area contributed by atoms with Gasteiger partial charge < -0.3 is 5.32 Å². The number of anilines is 1. The second-order valence-electron chi connectivity index (χ2n) is 3.72. The molecule has 1 heterocycles. The van der Waals surface area contributed by atoms with Crippen LogP contribution in [0.25, 0.3) is 0 Å². The summed E-state index contributed by atoms with van der Waals surface area (Å²) in [6.07, 6.45) is 0. The predicted octanol–water partition coefficient (Wildman–Crippen LogP) is 3.03. The number of hydrogen-bond donors (Lipinski definition) is 1. The fraction of sp³-hybridized carbons (Fsp3) is 0. The molecule has 0 unspecified atom stereocenters. The van der Waals surface area contributed by atoms with Crippen molar-refractivity contribution >= 4 is 29.0 Å². The van der Waals surface area contributed by atoms with E-state index in [0.717, 1.165) is 12.1 Å². The van der Waals surface area contributed by atoms with E-state index in [2.05, 4.69) is 10.3 Å². The van der Waals surface area contributed by atoms with Crippen LogP contribution in [-0.2, 0) is 0 Å². The molecule has 0 bridgehead atoms. The molecule has 0 fully saturated rings. The molecule has 0 saturated carbocycles. The van der Waals surface area contributed by atoms with E-state index in [-0.39, 0.29) is 16.5 Å². The summed E-state index contributed by atoms with van der Waals surface area (Å²) < 4.78 is 13.6. The molecule has 1 N–H and O–H groups in total. The molecule has 1 aromatic heterocycles. The van der Waals surface area contributed by atoms with Gasteiger partial charge in [0.2, 0.25) is 0 Å². The van der Waals surface area contributed by atoms with Crippen molar-refractivity contribution in [1.82, 2.24) is 4.98 Å². The molecule has 0 atom stereocenters. The van der Waals surface area contributed by atoms with Crippen molar-refractivity contribution in [1.29, 1.82) is 0 Å². The molecule has 20 heavy (non-hydrogen) atoms.